The van der Waals surface area contributed by atoms with E-state index < -0.39 is 11.8 Å². The molecule has 0 aliphatic carbocycles. The van der Waals surface area contributed by atoms with E-state index in [1.807, 2.05) is 6.07 Å². The number of amides is 2. The van der Waals surface area contributed by atoms with Gasteiger partial charge in [0, 0.05) is 19.3 Å². The highest BCUT2D eigenvalue weighted by molar-refractivity contribution is 6.35. The van der Waals surface area contributed by atoms with Crippen LogP contribution in [-0.2, 0) is 16.1 Å². The van der Waals surface area contributed by atoms with Crippen LogP contribution in [0.5, 0.6) is 0 Å². The molecule has 0 saturated heterocycles. The molecular formula is C14H17N3O2. The topological polar surface area (TPSA) is 62.3 Å². The predicted octanol–water partition coefficient (Wildman–Crippen LogP) is 0.898. The zero-order chi connectivity index (χ0) is 14.1. The molecule has 0 aliphatic heterocycles. The molecule has 5 nitrogen and oxygen atoms in total. The van der Waals surface area contributed by atoms with E-state index in [-0.39, 0.29) is 6.54 Å². The van der Waals surface area contributed by atoms with Crippen molar-refractivity contribution in [2.45, 2.75) is 6.54 Å². The van der Waals surface area contributed by atoms with Gasteiger partial charge in [-0.25, -0.2) is 0 Å². The lowest BCUT2D eigenvalue weighted by atomic mass is 10.3. The Morgan fingerprint density at radius 1 is 1.26 bits per heavy atom. The summed E-state index contributed by atoms with van der Waals surface area (Å²) in [7, 11) is 0. The summed E-state index contributed by atoms with van der Waals surface area (Å²) in [5.74, 6) is -1.26. The fourth-order valence-corrected chi connectivity index (χ4v) is 1.44. The van der Waals surface area contributed by atoms with Gasteiger partial charge in [-0.2, -0.15) is 0 Å². The van der Waals surface area contributed by atoms with Crippen molar-refractivity contribution in [1.82, 2.24) is 15.2 Å². The molecule has 0 spiro atoms. The summed E-state index contributed by atoms with van der Waals surface area (Å²) in [5, 5.41) is 2.53. The minimum Gasteiger partial charge on any atom is -0.342 e. The number of hydrogen-bond donors (Lipinski definition) is 1. The molecule has 0 aromatic carbocycles. The molecule has 0 saturated carbocycles. The van der Waals surface area contributed by atoms with Crippen LogP contribution in [0.15, 0.2) is 49.7 Å². The Morgan fingerprint density at radius 2 is 1.95 bits per heavy atom. The van der Waals surface area contributed by atoms with Crippen LogP contribution >= 0.6 is 0 Å². The van der Waals surface area contributed by atoms with Gasteiger partial charge in [0.2, 0.25) is 0 Å². The van der Waals surface area contributed by atoms with Crippen LogP contribution in [0.2, 0.25) is 0 Å². The Morgan fingerprint density at radius 3 is 2.47 bits per heavy atom. The van der Waals surface area contributed by atoms with Crippen molar-refractivity contribution >= 4 is 11.8 Å². The van der Waals surface area contributed by atoms with Gasteiger partial charge >= 0.3 is 11.8 Å². The second-order valence-electron chi connectivity index (χ2n) is 3.79. The lowest BCUT2D eigenvalue weighted by molar-refractivity contribution is -0.145. The molecule has 0 bridgehead atoms. The highest BCUT2D eigenvalue weighted by Crippen LogP contribution is 1.95. The molecule has 100 valence electrons. The van der Waals surface area contributed by atoms with E-state index in [1.54, 1.807) is 30.5 Å². The molecule has 2 amide bonds. The summed E-state index contributed by atoms with van der Waals surface area (Å²) in [6.07, 6.45) is 4.76. The van der Waals surface area contributed by atoms with Crippen LogP contribution in [0, 0.1) is 0 Å². The summed E-state index contributed by atoms with van der Waals surface area (Å²) in [4.78, 5) is 29.0. The zero-order valence-corrected chi connectivity index (χ0v) is 10.7. The van der Waals surface area contributed by atoms with Crippen molar-refractivity contribution in [3.8, 4) is 0 Å². The molecular weight excluding hydrogens is 242 g/mol. The molecule has 1 rings (SSSR count). The molecule has 1 N–H and O–H groups in total. The normalized spacial score (nSPS) is 9.47. The third-order valence-corrected chi connectivity index (χ3v) is 2.34. The monoisotopic (exact) mass is 259 g/mol. The fraction of sp³-hybridized carbons (Fsp3) is 0.214. The van der Waals surface area contributed by atoms with E-state index in [4.69, 9.17) is 0 Å². The van der Waals surface area contributed by atoms with Crippen molar-refractivity contribution in [1.29, 1.82) is 0 Å². The van der Waals surface area contributed by atoms with Crippen LogP contribution in [0.1, 0.15) is 5.69 Å². The van der Waals surface area contributed by atoms with Gasteiger partial charge in [-0.15, -0.1) is 13.2 Å². The number of carbonyl (C=O) groups excluding carboxylic acids is 2. The first-order chi connectivity index (χ1) is 9.19. The molecule has 0 radical (unpaired) electrons. The molecule has 5 heteroatoms. The first-order valence-corrected chi connectivity index (χ1v) is 5.87. The van der Waals surface area contributed by atoms with Crippen LogP contribution in [0.4, 0.5) is 0 Å². The van der Waals surface area contributed by atoms with E-state index in [2.05, 4.69) is 23.5 Å². The second kappa shape index (κ2) is 7.81. The minimum absolute atomic E-state index is 0.224. The molecule has 0 atom stereocenters. The average molecular weight is 259 g/mol. The van der Waals surface area contributed by atoms with E-state index in [0.717, 1.165) is 0 Å². The molecule has 1 aromatic heterocycles. The molecule has 0 fully saturated rings. The van der Waals surface area contributed by atoms with Crippen LogP contribution in [-0.4, -0.2) is 34.8 Å². The smallest absolute Gasteiger partial charge is 0.312 e. The van der Waals surface area contributed by atoms with Gasteiger partial charge in [0.05, 0.1) is 12.2 Å². The highest BCUT2D eigenvalue weighted by Gasteiger charge is 2.19. The lowest BCUT2D eigenvalue weighted by Gasteiger charge is -2.18. The third-order valence-electron chi connectivity index (χ3n) is 2.34. The highest BCUT2D eigenvalue weighted by atomic mass is 16.2. The first kappa shape index (κ1) is 14.6. The SMILES string of the molecule is C=CCN(CC=C)C(=O)C(=O)NCc1ccccn1. The van der Waals surface area contributed by atoms with Gasteiger partial charge in [0.15, 0.2) is 0 Å². The lowest BCUT2D eigenvalue weighted by Crippen LogP contribution is -2.43. The number of pyridine rings is 1. The van der Waals surface area contributed by atoms with Gasteiger partial charge < -0.3 is 10.2 Å². The number of aromatic nitrogens is 1. The molecule has 19 heavy (non-hydrogen) atoms. The maximum absolute atomic E-state index is 11.8. The molecule has 1 aromatic rings. The van der Waals surface area contributed by atoms with Crippen LogP contribution in [0.3, 0.4) is 0 Å². The van der Waals surface area contributed by atoms with Gasteiger partial charge in [-0.3, -0.25) is 14.6 Å². The summed E-state index contributed by atoms with van der Waals surface area (Å²) in [6, 6.07) is 5.38. The Balaban J connectivity index is 2.53. The van der Waals surface area contributed by atoms with Gasteiger partial charge in [-0.1, -0.05) is 18.2 Å². The Hall–Kier alpha value is -2.43. The van der Waals surface area contributed by atoms with Crippen molar-refractivity contribution < 1.29 is 9.59 Å². The molecule has 0 unspecified atom stereocenters. The van der Waals surface area contributed by atoms with Gasteiger partial charge in [0.1, 0.15) is 0 Å². The number of carbonyl (C=O) groups is 2. The predicted molar refractivity (Wildman–Crippen MR) is 73.1 cm³/mol. The second-order valence-corrected chi connectivity index (χ2v) is 3.79. The quantitative estimate of drug-likeness (QED) is 0.610. The fourth-order valence-electron chi connectivity index (χ4n) is 1.44. The van der Waals surface area contributed by atoms with E-state index in [1.165, 1.54) is 4.90 Å². The average Bonchev–Trinajstić information content (AvgIpc) is 2.45. The van der Waals surface area contributed by atoms with Crippen molar-refractivity contribution in [3.63, 3.8) is 0 Å². The summed E-state index contributed by atoms with van der Waals surface area (Å²) in [5.41, 5.74) is 0.697. The molecule has 0 aliphatic rings. The van der Waals surface area contributed by atoms with Crippen molar-refractivity contribution in [2.75, 3.05) is 13.1 Å². The maximum atomic E-state index is 11.8. The van der Waals surface area contributed by atoms with Crippen LogP contribution < -0.4 is 5.32 Å². The van der Waals surface area contributed by atoms with Gasteiger partial charge in [-0.05, 0) is 12.1 Å². The minimum atomic E-state index is -0.658. The number of hydrogen-bond acceptors (Lipinski definition) is 3. The first-order valence-electron chi connectivity index (χ1n) is 5.87. The Labute approximate surface area is 112 Å². The Kier molecular flexibility index (Phi) is 6.02. The van der Waals surface area contributed by atoms with E-state index in [0.29, 0.717) is 18.8 Å². The standard InChI is InChI=1S/C14H17N3O2/c1-3-9-17(10-4-2)14(19)13(18)16-11-12-7-5-6-8-15-12/h3-8H,1-2,9-11H2,(H,16,18). The summed E-state index contributed by atoms with van der Waals surface area (Å²) >= 11 is 0. The third kappa shape index (κ3) is 4.75. The van der Waals surface area contributed by atoms with Gasteiger partial charge in [0.25, 0.3) is 0 Å². The number of nitrogens with zero attached hydrogens (tertiary/aromatic N) is 2. The summed E-state index contributed by atoms with van der Waals surface area (Å²) < 4.78 is 0. The number of rotatable bonds is 6. The van der Waals surface area contributed by atoms with Crippen molar-refractivity contribution in [2.24, 2.45) is 0 Å². The zero-order valence-electron chi connectivity index (χ0n) is 10.7. The van der Waals surface area contributed by atoms with Crippen LogP contribution in [0.25, 0.3) is 0 Å². The summed E-state index contributed by atoms with van der Waals surface area (Å²) in [6.45, 7) is 7.93. The largest absolute Gasteiger partial charge is 0.342 e. The van der Waals surface area contributed by atoms with E-state index >= 15 is 0 Å². The number of nitrogens with one attached hydrogen (secondary N) is 1. The molecule has 1 heterocycles. The maximum Gasteiger partial charge on any atom is 0.312 e. The Bertz CT molecular complexity index is 447. The van der Waals surface area contributed by atoms with E-state index in [9.17, 15) is 9.59 Å². The van der Waals surface area contributed by atoms with Crippen molar-refractivity contribution in [3.05, 3.63) is 55.4 Å².